The molecule has 0 spiro atoms. The Morgan fingerprint density at radius 1 is 1.09 bits per heavy atom. The normalized spacial score (nSPS) is 50.5. The summed E-state index contributed by atoms with van der Waals surface area (Å²) in [4.78, 5) is 13.0. The molecule has 0 radical (unpaired) electrons. The fourth-order valence-electron chi connectivity index (χ4n) is 9.51. The van der Waals surface area contributed by atoms with Crippen molar-refractivity contribution in [3.63, 3.8) is 0 Å². The van der Waals surface area contributed by atoms with Crippen molar-refractivity contribution in [2.75, 3.05) is 0 Å². The van der Waals surface area contributed by atoms with Crippen LogP contribution >= 0.6 is 0 Å². The van der Waals surface area contributed by atoms with Gasteiger partial charge in [-0.25, -0.2) is 0 Å². The lowest BCUT2D eigenvalue weighted by Crippen LogP contribution is -2.61. The number of rotatable bonds is 5. The van der Waals surface area contributed by atoms with Crippen LogP contribution in [0.4, 0.5) is 0 Å². The molecule has 0 heterocycles. The van der Waals surface area contributed by atoms with Crippen LogP contribution in [0, 0.1) is 44.8 Å². The average molecular weight is 457 g/mol. The van der Waals surface area contributed by atoms with Crippen molar-refractivity contribution in [3.8, 4) is 0 Å². The number of carbonyl (C=O) groups excluding carboxylic acids is 1. The number of ketones is 1. The van der Waals surface area contributed by atoms with Gasteiger partial charge in [-0.15, -0.1) is 0 Å². The van der Waals surface area contributed by atoms with Crippen molar-refractivity contribution in [3.05, 3.63) is 11.6 Å². The molecular formula is C31H52O2. The summed E-state index contributed by atoms with van der Waals surface area (Å²) >= 11 is 0. The van der Waals surface area contributed by atoms with E-state index < -0.39 is 0 Å². The quantitative estimate of drug-likeness (QED) is 0.424. The topological polar surface area (TPSA) is 37.3 Å². The highest BCUT2D eigenvalue weighted by Crippen LogP contribution is 2.73. The average Bonchev–Trinajstić information content (AvgIpc) is 2.76. The minimum atomic E-state index is -0.209. The zero-order valence-corrected chi connectivity index (χ0v) is 23.0. The van der Waals surface area contributed by atoms with Gasteiger partial charge in [0.15, 0.2) is 0 Å². The monoisotopic (exact) mass is 456 g/mol. The first-order chi connectivity index (χ1) is 15.3. The van der Waals surface area contributed by atoms with Crippen molar-refractivity contribution in [2.24, 2.45) is 44.8 Å². The molecule has 9 atom stereocenters. The highest BCUT2D eigenvalue weighted by molar-refractivity contribution is 5.84. The number of Topliss-reactive ketones (excluding diaryl/α,β-unsaturated/α-hetero) is 1. The molecule has 3 saturated carbocycles. The third kappa shape index (κ3) is 3.63. The molecule has 0 aliphatic heterocycles. The minimum absolute atomic E-state index is 0.136. The second-order valence-electron chi connectivity index (χ2n) is 14.3. The Labute approximate surface area is 204 Å². The van der Waals surface area contributed by atoms with Gasteiger partial charge in [-0.2, -0.15) is 0 Å². The summed E-state index contributed by atoms with van der Waals surface area (Å²) in [6.07, 6.45) is 15.0. The molecule has 7 unspecified atom stereocenters. The molecule has 0 bridgehead atoms. The number of aliphatic hydroxyl groups excluding tert-OH is 1. The number of carbonyl (C=O) groups is 1. The number of allylic oxidation sites excluding steroid dienone is 2. The van der Waals surface area contributed by atoms with Gasteiger partial charge in [0, 0.05) is 11.8 Å². The molecule has 0 aromatic heterocycles. The van der Waals surface area contributed by atoms with Gasteiger partial charge in [0.05, 0.1) is 6.10 Å². The van der Waals surface area contributed by atoms with E-state index in [1.165, 1.54) is 38.5 Å². The summed E-state index contributed by atoms with van der Waals surface area (Å²) < 4.78 is 0. The lowest BCUT2D eigenvalue weighted by molar-refractivity contribution is -0.150. The molecule has 1 N–H and O–H groups in total. The number of fused-ring (bicyclic) bond motifs is 5. The second kappa shape index (κ2) is 8.21. The molecule has 33 heavy (non-hydrogen) atoms. The maximum Gasteiger partial charge on any atom is 0.138 e. The lowest BCUT2D eigenvalue weighted by Gasteiger charge is -2.69. The van der Waals surface area contributed by atoms with Crippen molar-refractivity contribution in [2.45, 2.75) is 132 Å². The third-order valence-electron chi connectivity index (χ3n) is 12.7. The lowest BCUT2D eigenvalue weighted by atomic mass is 9.36. The Morgan fingerprint density at radius 2 is 1.76 bits per heavy atom. The summed E-state index contributed by atoms with van der Waals surface area (Å²) in [7, 11) is 0. The van der Waals surface area contributed by atoms with Crippen molar-refractivity contribution >= 4 is 5.78 Å². The van der Waals surface area contributed by atoms with Crippen LogP contribution in [0.25, 0.3) is 0 Å². The summed E-state index contributed by atoms with van der Waals surface area (Å²) in [5.41, 5.74) is 2.79. The van der Waals surface area contributed by atoms with E-state index in [9.17, 15) is 9.90 Å². The Bertz CT molecular complexity index is 812. The fraction of sp³-hybridized carbons (Fsp3) is 0.903. The van der Waals surface area contributed by atoms with Crippen LogP contribution in [0.1, 0.15) is 126 Å². The number of hydrogen-bond acceptors (Lipinski definition) is 2. The van der Waals surface area contributed by atoms with Crippen LogP contribution in [0.15, 0.2) is 11.6 Å². The molecule has 3 fully saturated rings. The molecule has 0 saturated heterocycles. The van der Waals surface area contributed by atoms with Gasteiger partial charge in [-0.05, 0) is 111 Å². The Morgan fingerprint density at radius 3 is 2.39 bits per heavy atom. The second-order valence-corrected chi connectivity index (χ2v) is 14.3. The first-order valence-electron chi connectivity index (χ1n) is 14.2. The van der Waals surface area contributed by atoms with Crippen LogP contribution in [0.3, 0.4) is 0 Å². The predicted octanol–water partition coefficient (Wildman–Crippen LogP) is 8.13. The molecule has 4 aliphatic carbocycles. The van der Waals surface area contributed by atoms with Gasteiger partial charge in [0.1, 0.15) is 5.78 Å². The molecule has 188 valence electrons. The number of aliphatic hydroxyl groups is 1. The van der Waals surface area contributed by atoms with E-state index in [1.54, 1.807) is 5.57 Å². The molecule has 4 rings (SSSR count). The zero-order chi connectivity index (χ0) is 24.4. The highest BCUT2D eigenvalue weighted by atomic mass is 16.3. The van der Waals surface area contributed by atoms with Gasteiger partial charge in [0.2, 0.25) is 0 Å². The molecule has 2 nitrogen and oxygen atoms in total. The molecule has 0 aromatic rings. The van der Waals surface area contributed by atoms with Crippen molar-refractivity contribution < 1.29 is 9.90 Å². The Balaban J connectivity index is 1.74. The summed E-state index contributed by atoms with van der Waals surface area (Å²) in [5, 5.41) is 10.1. The van der Waals surface area contributed by atoms with Gasteiger partial charge in [-0.1, -0.05) is 60.1 Å². The van der Waals surface area contributed by atoms with Crippen molar-refractivity contribution in [1.29, 1.82) is 0 Å². The van der Waals surface area contributed by atoms with Gasteiger partial charge >= 0.3 is 0 Å². The minimum Gasteiger partial charge on any atom is -0.393 e. The van der Waals surface area contributed by atoms with Crippen LogP contribution in [-0.2, 0) is 4.79 Å². The van der Waals surface area contributed by atoms with E-state index in [4.69, 9.17) is 0 Å². The predicted molar refractivity (Wildman–Crippen MR) is 138 cm³/mol. The zero-order valence-electron chi connectivity index (χ0n) is 23.0. The van der Waals surface area contributed by atoms with E-state index in [2.05, 4.69) is 54.5 Å². The van der Waals surface area contributed by atoms with E-state index in [0.717, 1.165) is 25.7 Å². The van der Waals surface area contributed by atoms with Crippen LogP contribution in [0.5, 0.6) is 0 Å². The van der Waals surface area contributed by atoms with Crippen LogP contribution in [0.2, 0.25) is 0 Å². The Hall–Kier alpha value is -0.630. The first-order valence-corrected chi connectivity index (χ1v) is 14.2. The smallest absolute Gasteiger partial charge is 0.138 e. The van der Waals surface area contributed by atoms with E-state index in [0.29, 0.717) is 40.8 Å². The van der Waals surface area contributed by atoms with Crippen LogP contribution in [-0.4, -0.2) is 17.0 Å². The molecule has 0 amide bonds. The standard InChI is InChI=1S/C31H52O2/c1-9-26(33)28(5)17-16-27(4)18-19-30(7)23(24(27)20-28)10-11-25-29(6,14-13-22(3)32)21(2)12-15-31(25,30)8/h10,21-22,24-25,32H,9,11-20H2,1-8H3/t21?,22?,24?,25?,27?,28-,29?,30+,31?/m0/s1. The van der Waals surface area contributed by atoms with Crippen LogP contribution < -0.4 is 0 Å². The van der Waals surface area contributed by atoms with Gasteiger partial charge in [0.25, 0.3) is 0 Å². The summed E-state index contributed by atoms with van der Waals surface area (Å²) in [6.45, 7) is 19.1. The van der Waals surface area contributed by atoms with Gasteiger partial charge < -0.3 is 5.11 Å². The molecule has 0 aromatic carbocycles. The summed E-state index contributed by atoms with van der Waals surface area (Å²) in [5.74, 6) is 2.43. The maximum absolute atomic E-state index is 13.0. The van der Waals surface area contributed by atoms with E-state index in [-0.39, 0.29) is 22.3 Å². The highest BCUT2D eigenvalue weighted by Gasteiger charge is 2.65. The fourth-order valence-corrected chi connectivity index (χ4v) is 9.51. The first kappa shape index (κ1) is 25.5. The number of hydrogen-bond donors (Lipinski definition) is 1. The summed E-state index contributed by atoms with van der Waals surface area (Å²) in [6, 6.07) is 0. The Kier molecular flexibility index (Phi) is 6.33. The third-order valence-corrected chi connectivity index (χ3v) is 12.7. The molecular weight excluding hydrogens is 404 g/mol. The SMILES string of the molecule is CCC(=O)[C@@]1(C)CCC2(C)CC[C@]3(C)C(=CCC4C(C)(CCC(C)O)C(C)CCC43C)C2C1. The van der Waals surface area contributed by atoms with Gasteiger partial charge in [-0.3, -0.25) is 4.79 Å². The molecule has 2 heteroatoms. The van der Waals surface area contributed by atoms with E-state index >= 15 is 0 Å². The largest absolute Gasteiger partial charge is 0.393 e. The maximum atomic E-state index is 13.0. The molecule has 4 aliphatic rings. The van der Waals surface area contributed by atoms with Crippen molar-refractivity contribution in [1.82, 2.24) is 0 Å². The van der Waals surface area contributed by atoms with E-state index in [1.807, 2.05) is 6.92 Å².